The number of anilines is 1. The molecule has 1 saturated carbocycles. The number of benzene rings is 1. The van der Waals surface area contributed by atoms with E-state index in [1.165, 1.54) is 45.6 Å². The average molecular weight is 329 g/mol. The number of fused-ring (bicyclic) bond motifs is 3. The third-order valence-electron chi connectivity index (χ3n) is 6.09. The molecule has 0 radical (unpaired) electrons. The number of hydrogen-bond acceptors (Lipinski definition) is 4. The summed E-state index contributed by atoms with van der Waals surface area (Å²) < 4.78 is 11.1. The summed E-state index contributed by atoms with van der Waals surface area (Å²) in [6.45, 7) is 0.820. The normalized spacial score (nSPS) is 30.0. The van der Waals surface area contributed by atoms with E-state index in [1.54, 1.807) is 0 Å². The zero-order chi connectivity index (χ0) is 16.5. The van der Waals surface area contributed by atoms with Crippen molar-refractivity contribution in [3.05, 3.63) is 29.3 Å². The Labute approximate surface area is 143 Å². The summed E-state index contributed by atoms with van der Waals surface area (Å²) in [5.41, 5.74) is 2.89. The van der Waals surface area contributed by atoms with Gasteiger partial charge in [-0.05, 0) is 49.8 Å². The lowest BCUT2D eigenvalue weighted by Gasteiger charge is -2.47. The van der Waals surface area contributed by atoms with Gasteiger partial charge in [0.1, 0.15) is 0 Å². The number of carbonyl (C=O) groups is 1. The third-order valence-corrected chi connectivity index (χ3v) is 6.09. The molecule has 3 unspecified atom stereocenters. The molecule has 1 saturated heterocycles. The average Bonchev–Trinajstić information content (AvgIpc) is 2.67. The molecule has 1 aromatic carbocycles. The van der Waals surface area contributed by atoms with Crippen molar-refractivity contribution in [2.45, 2.75) is 57.1 Å². The summed E-state index contributed by atoms with van der Waals surface area (Å²) in [6.07, 6.45) is 9.22. The van der Waals surface area contributed by atoms with E-state index in [2.05, 4.69) is 5.32 Å². The molecule has 2 aliphatic heterocycles. The molecular weight excluding hydrogens is 302 g/mol. The summed E-state index contributed by atoms with van der Waals surface area (Å²) >= 11 is 0. The molecule has 0 amide bonds. The summed E-state index contributed by atoms with van der Waals surface area (Å²) in [6, 6.07) is 6.37. The summed E-state index contributed by atoms with van der Waals surface area (Å²) in [7, 11) is 1.43. The SMILES string of the molecule is COC(=O)c1ccc2c(c1)C1OCCCC1C(C1CCCCC1)N2. The van der Waals surface area contributed by atoms with Crippen molar-refractivity contribution in [1.82, 2.24) is 0 Å². The van der Waals surface area contributed by atoms with Crippen molar-refractivity contribution in [1.29, 1.82) is 0 Å². The first-order chi connectivity index (χ1) is 11.8. The minimum Gasteiger partial charge on any atom is -0.465 e. The summed E-state index contributed by atoms with van der Waals surface area (Å²) in [5, 5.41) is 3.82. The van der Waals surface area contributed by atoms with Gasteiger partial charge in [-0.2, -0.15) is 0 Å². The Balaban J connectivity index is 1.67. The van der Waals surface area contributed by atoms with Crippen LogP contribution in [0.2, 0.25) is 0 Å². The molecule has 1 aliphatic carbocycles. The zero-order valence-electron chi connectivity index (χ0n) is 14.4. The minimum absolute atomic E-state index is 0.117. The number of esters is 1. The summed E-state index contributed by atoms with van der Waals surface area (Å²) in [4.78, 5) is 11.9. The van der Waals surface area contributed by atoms with Crippen molar-refractivity contribution in [3.8, 4) is 0 Å². The Bertz CT molecular complexity index is 609. The van der Waals surface area contributed by atoms with Crippen LogP contribution in [0.5, 0.6) is 0 Å². The van der Waals surface area contributed by atoms with Crippen LogP contribution in [0.25, 0.3) is 0 Å². The van der Waals surface area contributed by atoms with Crippen LogP contribution in [0.1, 0.15) is 67.0 Å². The van der Waals surface area contributed by atoms with Crippen molar-refractivity contribution >= 4 is 11.7 Å². The number of nitrogens with one attached hydrogen (secondary N) is 1. The van der Waals surface area contributed by atoms with Gasteiger partial charge in [-0.3, -0.25) is 0 Å². The van der Waals surface area contributed by atoms with Gasteiger partial charge in [0.15, 0.2) is 0 Å². The van der Waals surface area contributed by atoms with Crippen LogP contribution < -0.4 is 5.32 Å². The highest BCUT2D eigenvalue weighted by Gasteiger charge is 2.42. The van der Waals surface area contributed by atoms with E-state index < -0.39 is 0 Å². The second kappa shape index (κ2) is 6.75. The first kappa shape index (κ1) is 15.9. The predicted octanol–water partition coefficient (Wildman–Crippen LogP) is 4.32. The highest BCUT2D eigenvalue weighted by atomic mass is 16.5. The quantitative estimate of drug-likeness (QED) is 0.821. The maximum Gasteiger partial charge on any atom is 0.337 e. The van der Waals surface area contributed by atoms with Gasteiger partial charge >= 0.3 is 5.97 Å². The Morgan fingerprint density at radius 1 is 1.17 bits per heavy atom. The minimum atomic E-state index is -0.278. The lowest BCUT2D eigenvalue weighted by atomic mass is 9.71. The van der Waals surface area contributed by atoms with E-state index in [-0.39, 0.29) is 12.1 Å². The fourth-order valence-electron chi connectivity index (χ4n) is 4.91. The Morgan fingerprint density at radius 3 is 2.79 bits per heavy atom. The second-order valence-corrected chi connectivity index (χ2v) is 7.46. The highest BCUT2D eigenvalue weighted by Crippen LogP contribution is 2.47. The maximum absolute atomic E-state index is 11.9. The number of methoxy groups -OCH3 is 1. The van der Waals surface area contributed by atoms with Crippen LogP contribution in [-0.4, -0.2) is 25.7 Å². The molecule has 1 aromatic rings. The standard InChI is InChI=1S/C20H27NO3/c1-23-20(22)14-9-10-17-16(12-14)19-15(8-5-11-24-19)18(21-17)13-6-3-2-4-7-13/h9-10,12-13,15,18-19,21H,2-8,11H2,1H3. The zero-order valence-corrected chi connectivity index (χ0v) is 14.4. The molecule has 130 valence electrons. The molecule has 0 bridgehead atoms. The van der Waals surface area contributed by atoms with Crippen LogP contribution >= 0.6 is 0 Å². The smallest absolute Gasteiger partial charge is 0.337 e. The Morgan fingerprint density at radius 2 is 2.00 bits per heavy atom. The van der Waals surface area contributed by atoms with Crippen molar-refractivity contribution in [2.24, 2.45) is 11.8 Å². The first-order valence-corrected chi connectivity index (χ1v) is 9.38. The van der Waals surface area contributed by atoms with Gasteiger partial charge in [-0.25, -0.2) is 4.79 Å². The van der Waals surface area contributed by atoms with Gasteiger partial charge in [-0.1, -0.05) is 19.3 Å². The molecule has 3 atom stereocenters. The van der Waals surface area contributed by atoms with Gasteiger partial charge in [0.25, 0.3) is 0 Å². The molecule has 4 nitrogen and oxygen atoms in total. The number of ether oxygens (including phenoxy) is 2. The summed E-state index contributed by atoms with van der Waals surface area (Å²) in [5.74, 6) is 0.989. The molecule has 3 aliphatic rings. The van der Waals surface area contributed by atoms with Crippen LogP contribution in [0, 0.1) is 11.8 Å². The van der Waals surface area contributed by atoms with E-state index in [0.717, 1.165) is 30.2 Å². The van der Waals surface area contributed by atoms with Crippen LogP contribution in [0.3, 0.4) is 0 Å². The van der Waals surface area contributed by atoms with Crippen LogP contribution in [-0.2, 0) is 9.47 Å². The molecule has 0 spiro atoms. The molecule has 0 aromatic heterocycles. The lowest BCUT2D eigenvalue weighted by molar-refractivity contribution is -0.0458. The van der Waals surface area contributed by atoms with Crippen molar-refractivity contribution in [2.75, 3.05) is 19.0 Å². The number of hydrogen-bond donors (Lipinski definition) is 1. The van der Waals surface area contributed by atoms with Gasteiger partial charge in [0.2, 0.25) is 0 Å². The largest absolute Gasteiger partial charge is 0.465 e. The highest BCUT2D eigenvalue weighted by molar-refractivity contribution is 5.90. The topological polar surface area (TPSA) is 47.6 Å². The Hall–Kier alpha value is -1.55. The van der Waals surface area contributed by atoms with Crippen molar-refractivity contribution < 1.29 is 14.3 Å². The Kier molecular flexibility index (Phi) is 4.49. The van der Waals surface area contributed by atoms with Gasteiger partial charge < -0.3 is 14.8 Å². The number of rotatable bonds is 2. The number of carbonyl (C=O) groups excluding carboxylic acids is 1. The van der Waals surface area contributed by atoms with Crippen LogP contribution in [0.4, 0.5) is 5.69 Å². The molecule has 2 heterocycles. The van der Waals surface area contributed by atoms with E-state index >= 15 is 0 Å². The fraction of sp³-hybridized carbons (Fsp3) is 0.650. The van der Waals surface area contributed by atoms with E-state index in [9.17, 15) is 4.79 Å². The third kappa shape index (κ3) is 2.81. The molecular formula is C20H27NO3. The van der Waals surface area contributed by atoms with Gasteiger partial charge in [-0.15, -0.1) is 0 Å². The predicted molar refractivity (Wildman–Crippen MR) is 93.2 cm³/mol. The van der Waals surface area contributed by atoms with Gasteiger partial charge in [0.05, 0.1) is 18.8 Å². The molecule has 2 fully saturated rings. The molecule has 24 heavy (non-hydrogen) atoms. The molecule has 4 heteroatoms. The van der Waals surface area contributed by atoms with E-state index in [0.29, 0.717) is 17.5 Å². The lowest BCUT2D eigenvalue weighted by Crippen LogP contribution is -2.46. The molecule has 1 N–H and O–H groups in total. The van der Waals surface area contributed by atoms with E-state index in [1.807, 2.05) is 18.2 Å². The monoisotopic (exact) mass is 329 g/mol. The first-order valence-electron chi connectivity index (χ1n) is 9.38. The fourth-order valence-corrected chi connectivity index (χ4v) is 4.91. The van der Waals surface area contributed by atoms with Gasteiger partial charge in [0, 0.05) is 29.8 Å². The maximum atomic E-state index is 11.9. The van der Waals surface area contributed by atoms with Crippen LogP contribution in [0.15, 0.2) is 18.2 Å². The second-order valence-electron chi connectivity index (χ2n) is 7.46. The van der Waals surface area contributed by atoms with Crippen molar-refractivity contribution in [3.63, 3.8) is 0 Å². The van der Waals surface area contributed by atoms with E-state index in [4.69, 9.17) is 9.47 Å². The molecule has 4 rings (SSSR count).